The van der Waals surface area contributed by atoms with Gasteiger partial charge in [-0.05, 0) is 83.6 Å². The van der Waals surface area contributed by atoms with Crippen molar-refractivity contribution >= 4 is 11.9 Å². The number of hydrogen-bond donors (Lipinski definition) is 0. The molecule has 0 aliphatic rings. The van der Waals surface area contributed by atoms with Gasteiger partial charge in [0.25, 0.3) is 0 Å². The molecule has 0 radical (unpaired) electrons. The summed E-state index contributed by atoms with van der Waals surface area (Å²) < 4.78 is 10.9. The van der Waals surface area contributed by atoms with Gasteiger partial charge in [0.15, 0.2) is 0 Å². The van der Waals surface area contributed by atoms with Crippen LogP contribution >= 0.6 is 0 Å². The Morgan fingerprint density at radius 3 is 1.23 bits per heavy atom. The zero-order chi connectivity index (χ0) is 30.3. The molecule has 0 aliphatic heterocycles. The Balaban J connectivity index is 1.03. The second-order valence-corrected chi connectivity index (χ2v) is 10.4. The second-order valence-electron chi connectivity index (χ2n) is 10.4. The Bertz CT molecular complexity index is 1470. The van der Waals surface area contributed by atoms with Gasteiger partial charge < -0.3 is 9.47 Å². The number of benzene rings is 4. The number of ether oxygens (including phenoxy) is 2. The summed E-state index contributed by atoms with van der Waals surface area (Å²) in [5.41, 5.74) is 5.01. The summed E-state index contributed by atoms with van der Waals surface area (Å²) in [6.07, 6.45) is 7.39. The van der Waals surface area contributed by atoms with E-state index in [2.05, 4.69) is 12.1 Å². The average molecular weight is 571 g/mol. The number of hydrogen-bond acceptors (Lipinski definition) is 6. The zero-order valence-electron chi connectivity index (χ0n) is 24.1. The number of carbonyl (C=O) groups is 2. The van der Waals surface area contributed by atoms with Gasteiger partial charge in [-0.3, -0.25) is 9.59 Å². The van der Waals surface area contributed by atoms with Crippen LogP contribution in [0.4, 0.5) is 0 Å². The maximum atomic E-state index is 12.2. The van der Waals surface area contributed by atoms with E-state index in [1.54, 1.807) is 36.4 Å². The minimum Gasteiger partial charge on any atom is -0.427 e. The van der Waals surface area contributed by atoms with Crippen LogP contribution in [-0.2, 0) is 9.59 Å². The van der Waals surface area contributed by atoms with Gasteiger partial charge in [-0.25, -0.2) is 0 Å². The van der Waals surface area contributed by atoms with Crippen molar-refractivity contribution in [2.24, 2.45) is 0 Å². The Labute approximate surface area is 253 Å². The summed E-state index contributed by atoms with van der Waals surface area (Å²) in [6.45, 7) is 0. The highest BCUT2D eigenvalue weighted by Gasteiger charge is 2.08. The van der Waals surface area contributed by atoms with Crippen LogP contribution in [0.25, 0.3) is 22.3 Å². The summed E-state index contributed by atoms with van der Waals surface area (Å²) in [5, 5.41) is 18.2. The van der Waals surface area contributed by atoms with Gasteiger partial charge in [-0.15, -0.1) is 0 Å². The molecule has 0 aliphatic carbocycles. The van der Waals surface area contributed by atoms with Crippen molar-refractivity contribution in [2.75, 3.05) is 0 Å². The first-order valence-corrected chi connectivity index (χ1v) is 14.7. The lowest BCUT2D eigenvalue weighted by molar-refractivity contribution is -0.135. The molecule has 6 heteroatoms. The van der Waals surface area contributed by atoms with Crippen molar-refractivity contribution in [1.29, 1.82) is 10.5 Å². The fourth-order valence-electron chi connectivity index (χ4n) is 4.75. The molecule has 0 saturated carbocycles. The molecule has 216 valence electrons. The van der Waals surface area contributed by atoms with Crippen LogP contribution in [0.3, 0.4) is 0 Å². The maximum Gasteiger partial charge on any atom is 0.311 e. The summed E-state index contributed by atoms with van der Waals surface area (Å²) >= 11 is 0. The van der Waals surface area contributed by atoms with E-state index in [1.165, 1.54) is 0 Å². The molecule has 4 aromatic rings. The molecule has 0 fully saturated rings. The predicted molar refractivity (Wildman–Crippen MR) is 166 cm³/mol. The lowest BCUT2D eigenvalue weighted by Crippen LogP contribution is -2.07. The summed E-state index contributed by atoms with van der Waals surface area (Å²) in [4.78, 5) is 24.4. The molecule has 0 atom stereocenters. The van der Waals surface area contributed by atoms with Crippen molar-refractivity contribution in [2.45, 2.75) is 57.8 Å². The van der Waals surface area contributed by atoms with Crippen molar-refractivity contribution in [3.05, 3.63) is 108 Å². The quantitative estimate of drug-likeness (QED) is 0.0853. The van der Waals surface area contributed by atoms with Gasteiger partial charge >= 0.3 is 11.9 Å². The van der Waals surface area contributed by atoms with Crippen LogP contribution in [0.15, 0.2) is 97.1 Å². The maximum absolute atomic E-state index is 12.2. The van der Waals surface area contributed by atoms with Crippen LogP contribution in [0.2, 0.25) is 0 Å². The molecule has 0 bridgehead atoms. The third-order valence-electron chi connectivity index (χ3n) is 7.08. The number of nitrogens with zero attached hydrogens (tertiary/aromatic N) is 2. The second kappa shape index (κ2) is 16.3. The van der Waals surface area contributed by atoms with E-state index in [4.69, 9.17) is 20.0 Å². The van der Waals surface area contributed by atoms with Crippen LogP contribution in [0.1, 0.15) is 68.9 Å². The minimum absolute atomic E-state index is 0.236. The molecule has 0 aromatic heterocycles. The number of esters is 2. The first-order chi connectivity index (χ1) is 21.0. The highest BCUT2D eigenvalue weighted by Crippen LogP contribution is 2.25. The first kappa shape index (κ1) is 30.8. The van der Waals surface area contributed by atoms with Crippen molar-refractivity contribution in [3.8, 4) is 45.9 Å². The largest absolute Gasteiger partial charge is 0.427 e. The highest BCUT2D eigenvalue weighted by atomic mass is 16.5. The number of unbranched alkanes of at least 4 members (excludes halogenated alkanes) is 6. The first-order valence-electron chi connectivity index (χ1n) is 14.7. The Morgan fingerprint density at radius 2 is 0.860 bits per heavy atom. The third-order valence-corrected chi connectivity index (χ3v) is 7.08. The molecular formula is C37H34N2O4. The normalized spacial score (nSPS) is 10.4. The molecule has 4 aromatic carbocycles. The van der Waals surface area contributed by atoms with Gasteiger partial charge in [0, 0.05) is 12.8 Å². The molecule has 0 heterocycles. The van der Waals surface area contributed by atoms with E-state index in [-0.39, 0.29) is 11.9 Å². The smallest absolute Gasteiger partial charge is 0.311 e. The molecule has 43 heavy (non-hydrogen) atoms. The predicted octanol–water partition coefficient (Wildman–Crippen LogP) is 8.79. The molecule has 0 spiro atoms. The van der Waals surface area contributed by atoms with Crippen molar-refractivity contribution < 1.29 is 19.1 Å². The lowest BCUT2D eigenvalue weighted by Gasteiger charge is -2.07. The molecule has 6 nitrogen and oxygen atoms in total. The van der Waals surface area contributed by atoms with Crippen LogP contribution in [-0.4, -0.2) is 11.9 Å². The van der Waals surface area contributed by atoms with Crippen molar-refractivity contribution in [1.82, 2.24) is 0 Å². The van der Waals surface area contributed by atoms with Crippen LogP contribution < -0.4 is 9.47 Å². The van der Waals surface area contributed by atoms with E-state index in [0.717, 1.165) is 67.2 Å². The topological polar surface area (TPSA) is 100 Å². The molecule has 0 saturated heterocycles. The van der Waals surface area contributed by atoms with Crippen molar-refractivity contribution in [3.63, 3.8) is 0 Å². The van der Waals surface area contributed by atoms with E-state index in [9.17, 15) is 9.59 Å². The molecule has 0 unspecified atom stereocenters. The fourth-order valence-corrected chi connectivity index (χ4v) is 4.75. The molecular weight excluding hydrogens is 536 g/mol. The number of carbonyl (C=O) groups excluding carboxylic acids is 2. The Hall–Kier alpha value is -5.20. The van der Waals surface area contributed by atoms with E-state index >= 15 is 0 Å². The monoisotopic (exact) mass is 570 g/mol. The van der Waals surface area contributed by atoms with Gasteiger partial charge in [0.05, 0.1) is 23.3 Å². The van der Waals surface area contributed by atoms with Gasteiger partial charge in [0.1, 0.15) is 11.5 Å². The number of rotatable bonds is 14. The van der Waals surface area contributed by atoms with Crippen LogP contribution in [0.5, 0.6) is 11.5 Å². The standard InChI is InChI=1S/C37H34N2O4/c38-26-28-10-8-12-32(24-28)30-16-20-34(21-17-30)42-36(40)14-6-4-2-1-3-5-7-15-37(41)43-35-22-18-31(19-23-35)33-13-9-11-29(25-33)27-39/h8-13,16-25H,1-7,14-15H2. The van der Waals surface area contributed by atoms with Gasteiger partial charge in [-0.2, -0.15) is 10.5 Å². The zero-order valence-corrected chi connectivity index (χ0v) is 24.1. The van der Waals surface area contributed by atoms with E-state index in [0.29, 0.717) is 35.5 Å². The highest BCUT2D eigenvalue weighted by molar-refractivity contribution is 5.74. The van der Waals surface area contributed by atoms with E-state index in [1.807, 2.05) is 60.7 Å². The third kappa shape index (κ3) is 9.99. The minimum atomic E-state index is -0.236. The fraction of sp³-hybridized carbons (Fsp3) is 0.243. The average Bonchev–Trinajstić information content (AvgIpc) is 3.04. The number of nitriles is 2. The van der Waals surface area contributed by atoms with Crippen LogP contribution in [0, 0.1) is 22.7 Å². The molecule has 0 N–H and O–H groups in total. The summed E-state index contributed by atoms with van der Waals surface area (Å²) in [5.74, 6) is 0.562. The SMILES string of the molecule is N#Cc1cccc(-c2ccc(OC(=O)CCCCCCCCCC(=O)Oc3ccc(-c4cccc(C#N)c4)cc3)cc2)c1. The van der Waals surface area contributed by atoms with Gasteiger partial charge in [0.2, 0.25) is 0 Å². The lowest BCUT2D eigenvalue weighted by atomic mass is 10.0. The Morgan fingerprint density at radius 1 is 0.488 bits per heavy atom. The molecule has 4 rings (SSSR count). The Kier molecular flexibility index (Phi) is 11.7. The van der Waals surface area contributed by atoms with E-state index < -0.39 is 0 Å². The summed E-state index contributed by atoms with van der Waals surface area (Å²) in [7, 11) is 0. The summed E-state index contributed by atoms with van der Waals surface area (Å²) in [6, 6.07) is 33.7. The van der Waals surface area contributed by atoms with Gasteiger partial charge in [-0.1, -0.05) is 80.6 Å². The molecule has 0 amide bonds.